The minimum atomic E-state index is -0.628. The Kier molecular flexibility index (Phi) is 4.49. The molecule has 1 amide bonds. The van der Waals surface area contributed by atoms with Gasteiger partial charge >= 0.3 is 0 Å². The van der Waals surface area contributed by atoms with Crippen molar-refractivity contribution in [3.05, 3.63) is 74.5 Å². The maximum Gasteiger partial charge on any atom is 0.287 e. The van der Waals surface area contributed by atoms with E-state index in [9.17, 15) is 19.3 Å². The van der Waals surface area contributed by atoms with Gasteiger partial charge in [0.2, 0.25) is 0 Å². The van der Waals surface area contributed by atoms with E-state index in [1.165, 1.54) is 30.3 Å². The van der Waals surface area contributed by atoms with E-state index in [1.54, 1.807) is 12.1 Å². The third-order valence-electron chi connectivity index (χ3n) is 2.75. The summed E-state index contributed by atoms with van der Waals surface area (Å²) in [6.45, 7) is 0.144. The zero-order chi connectivity index (χ0) is 15.4. The Hall–Kier alpha value is -2.47. The van der Waals surface area contributed by atoms with E-state index in [-0.39, 0.29) is 28.6 Å². The molecule has 0 bridgehead atoms. The van der Waals surface area contributed by atoms with E-state index in [2.05, 4.69) is 5.32 Å². The van der Waals surface area contributed by atoms with Crippen LogP contribution in [0.3, 0.4) is 0 Å². The van der Waals surface area contributed by atoms with Crippen LogP contribution in [0, 0.1) is 15.9 Å². The molecule has 2 rings (SSSR count). The first-order valence-electron chi connectivity index (χ1n) is 5.94. The van der Waals surface area contributed by atoms with Gasteiger partial charge in [-0.15, -0.1) is 0 Å². The predicted octanol–water partition coefficient (Wildman–Crippen LogP) is 3.32. The lowest BCUT2D eigenvalue weighted by Gasteiger charge is -2.06. The fraction of sp³-hybridized carbons (Fsp3) is 0.0714. The Morgan fingerprint density at radius 1 is 1.29 bits per heavy atom. The standard InChI is InChI=1S/C14H10ClFN2O3/c15-12-7-10(4-5-13(12)18(20)21)14(19)17-8-9-2-1-3-11(16)6-9/h1-7H,8H2,(H,17,19). The van der Waals surface area contributed by atoms with Crippen LogP contribution < -0.4 is 5.32 Å². The second kappa shape index (κ2) is 6.32. The van der Waals surface area contributed by atoms with Crippen LogP contribution in [0.1, 0.15) is 15.9 Å². The number of halogens is 2. The summed E-state index contributed by atoms with van der Waals surface area (Å²) in [5.74, 6) is -0.837. The molecule has 0 aromatic heterocycles. The quantitative estimate of drug-likeness (QED) is 0.695. The van der Waals surface area contributed by atoms with Gasteiger partial charge in [-0.2, -0.15) is 0 Å². The monoisotopic (exact) mass is 308 g/mol. The van der Waals surface area contributed by atoms with E-state index >= 15 is 0 Å². The largest absolute Gasteiger partial charge is 0.348 e. The highest BCUT2D eigenvalue weighted by Crippen LogP contribution is 2.24. The number of carbonyl (C=O) groups excluding carboxylic acids is 1. The van der Waals surface area contributed by atoms with Crippen molar-refractivity contribution in [3.63, 3.8) is 0 Å². The molecule has 2 aromatic rings. The van der Waals surface area contributed by atoms with Crippen molar-refractivity contribution in [2.24, 2.45) is 0 Å². The number of nitro groups is 1. The zero-order valence-electron chi connectivity index (χ0n) is 10.7. The number of benzene rings is 2. The van der Waals surface area contributed by atoms with Crippen LogP contribution in [-0.2, 0) is 6.54 Å². The molecule has 0 unspecified atom stereocenters. The Morgan fingerprint density at radius 3 is 2.67 bits per heavy atom. The average Bonchev–Trinajstić information content (AvgIpc) is 2.44. The van der Waals surface area contributed by atoms with E-state index in [0.717, 1.165) is 0 Å². The van der Waals surface area contributed by atoms with Crippen molar-refractivity contribution in [1.82, 2.24) is 5.32 Å². The van der Waals surface area contributed by atoms with Crippen molar-refractivity contribution >= 4 is 23.2 Å². The molecule has 7 heteroatoms. The van der Waals surface area contributed by atoms with Crippen LogP contribution in [0.5, 0.6) is 0 Å². The van der Waals surface area contributed by atoms with E-state index in [1.807, 2.05) is 0 Å². The maximum absolute atomic E-state index is 13.0. The lowest BCUT2D eigenvalue weighted by molar-refractivity contribution is -0.384. The molecule has 0 fully saturated rings. The molecular formula is C14H10ClFN2O3. The van der Waals surface area contributed by atoms with Gasteiger partial charge in [0.05, 0.1) is 4.92 Å². The van der Waals surface area contributed by atoms with E-state index in [0.29, 0.717) is 5.56 Å². The van der Waals surface area contributed by atoms with Gasteiger partial charge in [-0.25, -0.2) is 4.39 Å². The smallest absolute Gasteiger partial charge is 0.287 e. The number of rotatable bonds is 4. The topological polar surface area (TPSA) is 72.2 Å². The zero-order valence-corrected chi connectivity index (χ0v) is 11.4. The summed E-state index contributed by atoms with van der Waals surface area (Å²) in [4.78, 5) is 21.9. The average molecular weight is 309 g/mol. The van der Waals surface area contributed by atoms with Crippen molar-refractivity contribution in [3.8, 4) is 0 Å². The summed E-state index contributed by atoms with van der Waals surface area (Å²) >= 11 is 5.74. The normalized spacial score (nSPS) is 10.2. The number of hydrogen-bond donors (Lipinski definition) is 1. The number of nitrogens with zero attached hydrogens (tertiary/aromatic N) is 1. The maximum atomic E-state index is 13.0. The minimum absolute atomic E-state index is 0.113. The fourth-order valence-corrected chi connectivity index (χ4v) is 1.98. The first-order chi connectivity index (χ1) is 9.97. The number of amides is 1. The van der Waals surface area contributed by atoms with Crippen molar-refractivity contribution in [1.29, 1.82) is 0 Å². The number of carbonyl (C=O) groups is 1. The Balaban J connectivity index is 2.07. The summed E-state index contributed by atoms with van der Waals surface area (Å²) in [5, 5.41) is 13.1. The molecule has 108 valence electrons. The van der Waals surface area contributed by atoms with Crippen LogP contribution in [0.2, 0.25) is 5.02 Å². The minimum Gasteiger partial charge on any atom is -0.348 e. The Bertz CT molecular complexity index is 706. The van der Waals surface area contributed by atoms with Crippen LogP contribution in [0.4, 0.5) is 10.1 Å². The summed E-state index contributed by atoms with van der Waals surface area (Å²) in [7, 11) is 0. The summed E-state index contributed by atoms with van der Waals surface area (Å²) in [6, 6.07) is 9.53. The molecule has 0 atom stereocenters. The SMILES string of the molecule is O=C(NCc1cccc(F)c1)c1ccc([N+](=O)[O-])c(Cl)c1. The molecule has 0 heterocycles. The number of nitro benzene ring substituents is 1. The van der Waals surface area contributed by atoms with Crippen LogP contribution >= 0.6 is 11.6 Å². The summed E-state index contributed by atoms with van der Waals surface area (Å²) in [5.41, 5.74) is 0.539. The second-order valence-corrected chi connectivity index (χ2v) is 4.64. The van der Waals surface area contributed by atoms with Crippen molar-refractivity contribution in [2.75, 3.05) is 0 Å². The number of nitrogens with one attached hydrogen (secondary N) is 1. The summed E-state index contributed by atoms with van der Waals surface area (Å²) in [6.07, 6.45) is 0. The lowest BCUT2D eigenvalue weighted by Crippen LogP contribution is -2.22. The summed E-state index contributed by atoms with van der Waals surface area (Å²) < 4.78 is 13.0. The fourth-order valence-electron chi connectivity index (χ4n) is 1.73. The molecule has 0 saturated carbocycles. The second-order valence-electron chi connectivity index (χ2n) is 4.24. The molecular weight excluding hydrogens is 299 g/mol. The molecule has 0 spiro atoms. The van der Waals surface area contributed by atoms with Gasteiger partial charge in [0.15, 0.2) is 0 Å². The van der Waals surface area contributed by atoms with Gasteiger partial charge in [0, 0.05) is 18.2 Å². The van der Waals surface area contributed by atoms with Crippen LogP contribution in [0.25, 0.3) is 0 Å². The third-order valence-corrected chi connectivity index (χ3v) is 3.05. The molecule has 2 aromatic carbocycles. The molecule has 0 radical (unpaired) electrons. The predicted molar refractivity (Wildman–Crippen MR) is 75.7 cm³/mol. The van der Waals surface area contributed by atoms with Gasteiger partial charge in [0.25, 0.3) is 11.6 Å². The number of hydrogen-bond acceptors (Lipinski definition) is 3. The molecule has 0 aliphatic rings. The molecule has 5 nitrogen and oxygen atoms in total. The van der Waals surface area contributed by atoms with Crippen LogP contribution in [-0.4, -0.2) is 10.8 Å². The molecule has 0 saturated heterocycles. The van der Waals surface area contributed by atoms with E-state index < -0.39 is 10.8 Å². The highest BCUT2D eigenvalue weighted by Gasteiger charge is 2.15. The first-order valence-corrected chi connectivity index (χ1v) is 6.32. The van der Waals surface area contributed by atoms with Crippen molar-refractivity contribution < 1.29 is 14.1 Å². The first kappa shape index (κ1) is 14.9. The Labute approximate surface area is 124 Å². The molecule has 0 aliphatic heterocycles. The molecule has 0 aliphatic carbocycles. The molecule has 21 heavy (non-hydrogen) atoms. The van der Waals surface area contributed by atoms with Gasteiger partial charge < -0.3 is 5.32 Å². The highest BCUT2D eigenvalue weighted by atomic mass is 35.5. The lowest BCUT2D eigenvalue weighted by atomic mass is 10.1. The molecule has 1 N–H and O–H groups in total. The van der Waals surface area contributed by atoms with Gasteiger partial charge in [-0.1, -0.05) is 23.7 Å². The van der Waals surface area contributed by atoms with E-state index in [4.69, 9.17) is 11.6 Å². The van der Waals surface area contributed by atoms with Gasteiger partial charge in [0.1, 0.15) is 10.8 Å². The van der Waals surface area contributed by atoms with Crippen molar-refractivity contribution in [2.45, 2.75) is 6.54 Å². The Morgan fingerprint density at radius 2 is 2.05 bits per heavy atom. The third kappa shape index (κ3) is 3.76. The highest BCUT2D eigenvalue weighted by molar-refractivity contribution is 6.33. The van der Waals surface area contributed by atoms with Gasteiger partial charge in [-0.3, -0.25) is 14.9 Å². The van der Waals surface area contributed by atoms with Crippen LogP contribution in [0.15, 0.2) is 42.5 Å². The van der Waals surface area contributed by atoms with Gasteiger partial charge in [-0.05, 0) is 29.8 Å².